The predicted octanol–water partition coefficient (Wildman–Crippen LogP) is 3.79. The number of hydrogen-bond acceptors (Lipinski definition) is 1. The third-order valence-electron chi connectivity index (χ3n) is 2.40. The zero-order valence-corrected chi connectivity index (χ0v) is 10.6. The maximum atomic E-state index is 5.88. The van der Waals surface area contributed by atoms with Crippen molar-refractivity contribution >= 4 is 11.6 Å². The summed E-state index contributed by atoms with van der Waals surface area (Å²) in [6.45, 7) is 5.05. The van der Waals surface area contributed by atoms with Gasteiger partial charge in [0.15, 0.2) is 0 Å². The summed E-state index contributed by atoms with van der Waals surface area (Å²) in [6.07, 6.45) is 1.97. The van der Waals surface area contributed by atoms with Gasteiger partial charge in [0.25, 0.3) is 0 Å². The minimum Gasteiger partial charge on any atom is -0.309 e. The van der Waals surface area contributed by atoms with Crippen LogP contribution in [0.4, 0.5) is 0 Å². The third kappa shape index (κ3) is 4.26. The highest BCUT2D eigenvalue weighted by Crippen LogP contribution is 2.18. The zero-order valence-electron chi connectivity index (χ0n) is 9.89. The molecule has 1 aromatic rings. The largest absolute Gasteiger partial charge is 0.309 e. The molecule has 1 N–H and O–H groups in total. The van der Waals surface area contributed by atoms with E-state index in [4.69, 9.17) is 11.6 Å². The molecule has 2 heteroatoms. The summed E-state index contributed by atoms with van der Waals surface area (Å²) >= 11 is 5.88. The lowest BCUT2D eigenvalue weighted by Crippen LogP contribution is -2.21. The zero-order chi connectivity index (χ0) is 11.8. The highest BCUT2D eigenvalue weighted by Gasteiger charge is 2.08. The van der Waals surface area contributed by atoms with E-state index in [1.54, 1.807) is 0 Å². The van der Waals surface area contributed by atoms with Crippen LogP contribution in [0.15, 0.2) is 24.3 Å². The Kier molecular flexibility index (Phi) is 6.00. The van der Waals surface area contributed by atoms with Gasteiger partial charge in [0, 0.05) is 17.5 Å². The molecule has 1 nitrogen and oxygen atoms in total. The normalized spacial score (nSPS) is 11.7. The molecule has 1 atom stereocenters. The molecular formula is C14H18ClN. The fourth-order valence-electron chi connectivity index (χ4n) is 1.53. The Bertz CT molecular complexity index is 359. The van der Waals surface area contributed by atoms with Crippen molar-refractivity contribution in [1.29, 1.82) is 0 Å². The molecule has 0 bridgehead atoms. The van der Waals surface area contributed by atoms with E-state index in [-0.39, 0.29) is 0 Å². The van der Waals surface area contributed by atoms with Crippen LogP contribution in [0.5, 0.6) is 0 Å². The highest BCUT2D eigenvalue weighted by molar-refractivity contribution is 6.30. The van der Waals surface area contributed by atoms with Gasteiger partial charge in [-0.2, -0.15) is 0 Å². The van der Waals surface area contributed by atoms with Crippen molar-refractivity contribution < 1.29 is 0 Å². The molecule has 16 heavy (non-hydrogen) atoms. The molecule has 1 rings (SSSR count). The van der Waals surface area contributed by atoms with Crippen LogP contribution in [-0.2, 0) is 0 Å². The van der Waals surface area contributed by atoms with Crippen molar-refractivity contribution in [3.63, 3.8) is 0 Å². The maximum Gasteiger partial charge on any atom is 0.0430 e. The summed E-state index contributed by atoms with van der Waals surface area (Å²) in [5, 5.41) is 4.27. The Morgan fingerprint density at radius 2 is 2.00 bits per heavy atom. The predicted molar refractivity (Wildman–Crippen MR) is 70.6 cm³/mol. The Labute approximate surface area is 103 Å². The second kappa shape index (κ2) is 7.33. The van der Waals surface area contributed by atoms with Gasteiger partial charge in [0.1, 0.15) is 0 Å². The molecule has 86 valence electrons. The van der Waals surface area contributed by atoms with Crippen molar-refractivity contribution in [2.45, 2.75) is 32.7 Å². The summed E-state index contributed by atoms with van der Waals surface area (Å²) < 4.78 is 0. The van der Waals surface area contributed by atoms with Crippen molar-refractivity contribution in [1.82, 2.24) is 5.32 Å². The van der Waals surface area contributed by atoms with E-state index in [9.17, 15) is 0 Å². The number of hydrogen-bond donors (Lipinski definition) is 1. The molecule has 0 fully saturated rings. The van der Waals surface area contributed by atoms with Crippen LogP contribution in [-0.4, -0.2) is 6.54 Å². The Hall–Kier alpha value is -0.970. The molecule has 1 aromatic carbocycles. The van der Waals surface area contributed by atoms with E-state index in [2.05, 4.69) is 36.2 Å². The lowest BCUT2D eigenvalue weighted by Gasteiger charge is -2.16. The standard InChI is InChI=1S/C14H18ClN/c1-3-5-6-14(16-11-4-2)12-7-9-13(15)10-8-12/h7-10,14,16H,4,6,11H2,1-2H3. The average molecular weight is 236 g/mol. The lowest BCUT2D eigenvalue weighted by atomic mass is 10.0. The number of rotatable bonds is 5. The lowest BCUT2D eigenvalue weighted by molar-refractivity contribution is 0.542. The van der Waals surface area contributed by atoms with E-state index in [0.29, 0.717) is 6.04 Å². The fraction of sp³-hybridized carbons (Fsp3) is 0.429. The smallest absolute Gasteiger partial charge is 0.0430 e. The quantitative estimate of drug-likeness (QED) is 0.766. The van der Waals surface area contributed by atoms with Gasteiger partial charge < -0.3 is 5.32 Å². The molecule has 0 amide bonds. The van der Waals surface area contributed by atoms with Gasteiger partial charge in [0.05, 0.1) is 0 Å². The first-order chi connectivity index (χ1) is 7.77. The molecule has 0 aliphatic carbocycles. The molecule has 0 heterocycles. The van der Waals surface area contributed by atoms with Crippen molar-refractivity contribution in [2.24, 2.45) is 0 Å². The molecule has 1 unspecified atom stereocenters. The van der Waals surface area contributed by atoms with E-state index in [1.807, 2.05) is 19.1 Å². The maximum absolute atomic E-state index is 5.88. The van der Waals surface area contributed by atoms with Crippen molar-refractivity contribution in [3.05, 3.63) is 34.9 Å². The minimum atomic E-state index is 0.310. The topological polar surface area (TPSA) is 12.0 Å². The van der Waals surface area contributed by atoms with Crippen LogP contribution in [0, 0.1) is 11.8 Å². The second-order valence-corrected chi connectivity index (χ2v) is 4.13. The first-order valence-corrected chi connectivity index (χ1v) is 6.04. The summed E-state index contributed by atoms with van der Waals surface area (Å²) in [4.78, 5) is 0. The van der Waals surface area contributed by atoms with Crippen LogP contribution in [0.25, 0.3) is 0 Å². The number of halogens is 1. The fourth-order valence-corrected chi connectivity index (χ4v) is 1.65. The summed E-state index contributed by atoms with van der Waals surface area (Å²) in [7, 11) is 0. The highest BCUT2D eigenvalue weighted by atomic mass is 35.5. The molecule has 0 saturated heterocycles. The third-order valence-corrected chi connectivity index (χ3v) is 2.65. The van der Waals surface area contributed by atoms with Crippen LogP contribution in [0.3, 0.4) is 0 Å². The van der Waals surface area contributed by atoms with Crippen LogP contribution >= 0.6 is 11.6 Å². The van der Waals surface area contributed by atoms with Gasteiger partial charge in [-0.25, -0.2) is 0 Å². The van der Waals surface area contributed by atoms with E-state index in [1.165, 1.54) is 5.56 Å². The molecule has 0 aliphatic heterocycles. The first kappa shape index (κ1) is 13.1. The molecule has 0 saturated carbocycles. The van der Waals surface area contributed by atoms with Gasteiger partial charge >= 0.3 is 0 Å². The van der Waals surface area contributed by atoms with Crippen LogP contribution in [0.2, 0.25) is 5.02 Å². The molecule has 0 aromatic heterocycles. The van der Waals surface area contributed by atoms with E-state index < -0.39 is 0 Å². The van der Waals surface area contributed by atoms with E-state index in [0.717, 1.165) is 24.4 Å². The molecule has 0 radical (unpaired) electrons. The SMILES string of the molecule is CC#CCC(NCCC)c1ccc(Cl)cc1. The second-order valence-electron chi connectivity index (χ2n) is 3.69. The molecule has 0 aliphatic rings. The summed E-state index contributed by atoms with van der Waals surface area (Å²) in [5.41, 5.74) is 1.25. The monoisotopic (exact) mass is 235 g/mol. The number of benzene rings is 1. The Morgan fingerprint density at radius 3 is 2.56 bits per heavy atom. The van der Waals surface area contributed by atoms with Gasteiger partial charge in [-0.15, -0.1) is 11.8 Å². The number of nitrogens with one attached hydrogen (secondary N) is 1. The summed E-state index contributed by atoms with van der Waals surface area (Å²) in [6, 6.07) is 8.29. The van der Waals surface area contributed by atoms with Crippen molar-refractivity contribution in [2.75, 3.05) is 6.54 Å². The van der Waals surface area contributed by atoms with Gasteiger partial charge in [-0.05, 0) is 37.6 Å². The van der Waals surface area contributed by atoms with Gasteiger partial charge in [-0.1, -0.05) is 30.7 Å². The first-order valence-electron chi connectivity index (χ1n) is 5.66. The summed E-state index contributed by atoms with van der Waals surface area (Å²) in [5.74, 6) is 6.06. The van der Waals surface area contributed by atoms with E-state index >= 15 is 0 Å². The average Bonchev–Trinajstić information content (AvgIpc) is 2.31. The van der Waals surface area contributed by atoms with Crippen LogP contribution < -0.4 is 5.32 Å². The van der Waals surface area contributed by atoms with Gasteiger partial charge in [-0.3, -0.25) is 0 Å². The minimum absolute atomic E-state index is 0.310. The Balaban J connectivity index is 2.72. The molecule has 0 spiro atoms. The molecular weight excluding hydrogens is 218 g/mol. The van der Waals surface area contributed by atoms with Crippen LogP contribution in [0.1, 0.15) is 38.3 Å². The van der Waals surface area contributed by atoms with Gasteiger partial charge in [0.2, 0.25) is 0 Å². The van der Waals surface area contributed by atoms with Crippen molar-refractivity contribution in [3.8, 4) is 11.8 Å². The Morgan fingerprint density at radius 1 is 1.31 bits per heavy atom.